The maximum absolute atomic E-state index is 13.0. The summed E-state index contributed by atoms with van der Waals surface area (Å²) in [5, 5.41) is 3.52. The van der Waals surface area contributed by atoms with Gasteiger partial charge < -0.3 is 19.7 Å². The number of methoxy groups -OCH3 is 1. The highest BCUT2D eigenvalue weighted by Crippen LogP contribution is 2.18. The zero-order valence-electron chi connectivity index (χ0n) is 18.4. The van der Waals surface area contributed by atoms with Gasteiger partial charge in [-0.3, -0.25) is 9.59 Å². The predicted molar refractivity (Wildman–Crippen MR) is 122 cm³/mol. The molecule has 0 bridgehead atoms. The maximum atomic E-state index is 13.0. The Morgan fingerprint density at radius 2 is 1.87 bits per heavy atom. The van der Waals surface area contributed by atoms with Crippen LogP contribution in [0.25, 0.3) is 0 Å². The van der Waals surface area contributed by atoms with Crippen LogP contribution in [0.15, 0.2) is 48.5 Å². The van der Waals surface area contributed by atoms with Gasteiger partial charge in [0.1, 0.15) is 17.5 Å². The fourth-order valence-electron chi connectivity index (χ4n) is 3.03. The molecular weight excluding hydrogens is 416 g/mol. The van der Waals surface area contributed by atoms with Crippen molar-refractivity contribution in [3.63, 3.8) is 0 Å². The molecule has 31 heavy (non-hydrogen) atoms. The molecule has 0 saturated heterocycles. The molecule has 0 heterocycles. The van der Waals surface area contributed by atoms with Gasteiger partial charge in [0.2, 0.25) is 11.8 Å². The molecule has 2 rings (SSSR count). The Kier molecular flexibility index (Phi) is 10.2. The van der Waals surface area contributed by atoms with E-state index in [0.717, 1.165) is 12.0 Å². The Morgan fingerprint density at radius 3 is 2.55 bits per heavy atom. The molecule has 1 atom stereocenters. The normalized spacial score (nSPS) is 11.5. The molecule has 0 radical (unpaired) electrons. The minimum Gasteiger partial charge on any atom is -0.497 e. The van der Waals surface area contributed by atoms with E-state index in [9.17, 15) is 9.59 Å². The second-order valence-corrected chi connectivity index (χ2v) is 7.68. The van der Waals surface area contributed by atoms with Gasteiger partial charge >= 0.3 is 0 Å². The van der Waals surface area contributed by atoms with Crippen LogP contribution in [0.1, 0.15) is 38.7 Å². The van der Waals surface area contributed by atoms with Gasteiger partial charge in [0.25, 0.3) is 0 Å². The summed E-state index contributed by atoms with van der Waals surface area (Å²) in [5.74, 6) is 1.17. The number of hydrogen-bond donors (Lipinski definition) is 1. The molecule has 2 aromatic rings. The van der Waals surface area contributed by atoms with Crippen LogP contribution >= 0.6 is 11.6 Å². The summed E-state index contributed by atoms with van der Waals surface area (Å²) in [4.78, 5) is 27.2. The van der Waals surface area contributed by atoms with Gasteiger partial charge in [-0.2, -0.15) is 0 Å². The Hall–Kier alpha value is -2.73. The largest absolute Gasteiger partial charge is 0.497 e. The summed E-state index contributed by atoms with van der Waals surface area (Å²) in [5.41, 5.74) is 0.903. The maximum Gasteiger partial charge on any atom is 0.242 e. The second kappa shape index (κ2) is 12.8. The fraction of sp³-hybridized carbons (Fsp3) is 0.417. The summed E-state index contributed by atoms with van der Waals surface area (Å²) in [6.45, 7) is 5.06. The smallest absolute Gasteiger partial charge is 0.242 e. The Bertz CT molecular complexity index is 842. The first-order valence-electron chi connectivity index (χ1n) is 10.5. The first-order chi connectivity index (χ1) is 14.9. The lowest BCUT2D eigenvalue weighted by Gasteiger charge is -2.29. The van der Waals surface area contributed by atoms with Crippen molar-refractivity contribution >= 4 is 23.4 Å². The van der Waals surface area contributed by atoms with E-state index in [1.807, 2.05) is 31.2 Å². The monoisotopic (exact) mass is 446 g/mol. The first-order valence-corrected chi connectivity index (χ1v) is 10.9. The molecule has 2 aromatic carbocycles. The van der Waals surface area contributed by atoms with Crippen LogP contribution < -0.4 is 14.8 Å². The lowest BCUT2D eigenvalue weighted by Crippen LogP contribution is -2.47. The molecule has 1 N–H and O–H groups in total. The van der Waals surface area contributed by atoms with Crippen molar-refractivity contribution < 1.29 is 19.1 Å². The van der Waals surface area contributed by atoms with Crippen LogP contribution in [0, 0.1) is 0 Å². The van der Waals surface area contributed by atoms with Crippen molar-refractivity contribution in [2.24, 2.45) is 0 Å². The second-order valence-electron chi connectivity index (χ2n) is 7.25. The Balaban J connectivity index is 2.00. The molecule has 7 heteroatoms. The van der Waals surface area contributed by atoms with Gasteiger partial charge in [-0.15, -0.1) is 0 Å². The molecule has 168 valence electrons. The highest BCUT2D eigenvalue weighted by atomic mass is 35.5. The quantitative estimate of drug-likeness (QED) is 0.489. The molecule has 0 spiro atoms. The molecule has 0 saturated carbocycles. The molecule has 6 nitrogen and oxygen atoms in total. The SMILES string of the molecule is CCCNC(=O)C(C)N(Cc1cccc(OC)c1)C(=O)CCCOc1ccc(Cl)cc1. The summed E-state index contributed by atoms with van der Waals surface area (Å²) in [6.07, 6.45) is 1.66. The number of carbonyl (C=O) groups excluding carboxylic acids is 2. The summed E-state index contributed by atoms with van der Waals surface area (Å²) in [6, 6.07) is 14.0. The van der Waals surface area contributed by atoms with Crippen LogP contribution in [0.2, 0.25) is 5.02 Å². The number of halogens is 1. The van der Waals surface area contributed by atoms with Crippen molar-refractivity contribution in [1.29, 1.82) is 0 Å². The number of hydrogen-bond acceptors (Lipinski definition) is 4. The third-order valence-corrected chi connectivity index (χ3v) is 5.07. The first kappa shape index (κ1) is 24.5. The van der Waals surface area contributed by atoms with E-state index in [1.165, 1.54) is 0 Å². The predicted octanol–water partition coefficient (Wildman–Crippen LogP) is 4.45. The highest BCUT2D eigenvalue weighted by molar-refractivity contribution is 6.30. The van der Waals surface area contributed by atoms with Crippen molar-refractivity contribution in [2.45, 2.75) is 45.7 Å². The number of ether oxygens (including phenoxy) is 2. The summed E-state index contributed by atoms with van der Waals surface area (Å²) < 4.78 is 11.0. The van der Waals surface area contributed by atoms with Gasteiger partial charge in [-0.1, -0.05) is 30.7 Å². The van der Waals surface area contributed by atoms with Crippen LogP contribution in [-0.4, -0.2) is 43.0 Å². The Morgan fingerprint density at radius 1 is 1.13 bits per heavy atom. The topological polar surface area (TPSA) is 67.9 Å². The minimum absolute atomic E-state index is 0.0957. The third-order valence-electron chi connectivity index (χ3n) is 4.82. The number of benzene rings is 2. The van der Waals surface area contributed by atoms with E-state index < -0.39 is 6.04 Å². The zero-order valence-corrected chi connectivity index (χ0v) is 19.2. The molecule has 0 aliphatic heterocycles. The Labute approximate surface area is 189 Å². The number of nitrogens with one attached hydrogen (secondary N) is 1. The van der Waals surface area contributed by atoms with Crippen LogP contribution in [0.3, 0.4) is 0 Å². The van der Waals surface area contributed by atoms with Crippen LogP contribution in [0.5, 0.6) is 11.5 Å². The molecule has 0 aromatic heterocycles. The van der Waals surface area contributed by atoms with E-state index >= 15 is 0 Å². The highest BCUT2D eigenvalue weighted by Gasteiger charge is 2.25. The van der Waals surface area contributed by atoms with Gasteiger partial charge in [-0.05, 0) is 61.7 Å². The van der Waals surface area contributed by atoms with Gasteiger partial charge in [-0.25, -0.2) is 0 Å². The van der Waals surface area contributed by atoms with Gasteiger partial charge in [0, 0.05) is 24.5 Å². The molecule has 2 amide bonds. The summed E-state index contributed by atoms with van der Waals surface area (Å²) >= 11 is 5.88. The molecule has 1 unspecified atom stereocenters. The van der Waals surface area contributed by atoms with Crippen molar-refractivity contribution in [1.82, 2.24) is 10.2 Å². The lowest BCUT2D eigenvalue weighted by molar-refractivity contribution is -0.140. The van der Waals surface area contributed by atoms with E-state index in [2.05, 4.69) is 5.32 Å². The average Bonchev–Trinajstić information content (AvgIpc) is 2.79. The molecular formula is C24H31ClN2O4. The molecule has 0 fully saturated rings. The van der Waals surface area contributed by atoms with E-state index in [0.29, 0.717) is 42.6 Å². The molecule has 0 aliphatic rings. The van der Waals surface area contributed by atoms with Crippen molar-refractivity contribution in [3.8, 4) is 11.5 Å². The van der Waals surface area contributed by atoms with Crippen molar-refractivity contribution in [3.05, 3.63) is 59.1 Å². The van der Waals surface area contributed by atoms with E-state index in [1.54, 1.807) is 43.2 Å². The van der Waals surface area contributed by atoms with E-state index in [4.69, 9.17) is 21.1 Å². The van der Waals surface area contributed by atoms with Gasteiger partial charge in [0.15, 0.2) is 0 Å². The summed E-state index contributed by atoms with van der Waals surface area (Å²) in [7, 11) is 1.60. The van der Waals surface area contributed by atoms with Crippen molar-refractivity contribution in [2.75, 3.05) is 20.3 Å². The number of amides is 2. The van der Waals surface area contributed by atoms with E-state index in [-0.39, 0.29) is 18.2 Å². The van der Waals surface area contributed by atoms with Gasteiger partial charge in [0.05, 0.1) is 13.7 Å². The molecule has 0 aliphatic carbocycles. The average molecular weight is 447 g/mol. The standard InChI is InChI=1S/C24H31ClN2O4/c1-4-14-26-24(29)18(2)27(17-19-7-5-8-22(16-19)30-3)23(28)9-6-15-31-21-12-10-20(25)11-13-21/h5,7-8,10-13,16,18H,4,6,9,14-15,17H2,1-3H3,(H,26,29). The number of carbonyl (C=O) groups is 2. The number of nitrogens with zero attached hydrogens (tertiary/aromatic N) is 1. The third kappa shape index (κ3) is 8.13. The fourth-order valence-corrected chi connectivity index (χ4v) is 3.16. The van der Waals surface area contributed by atoms with Crippen LogP contribution in [-0.2, 0) is 16.1 Å². The minimum atomic E-state index is -0.581. The van der Waals surface area contributed by atoms with Crippen LogP contribution in [0.4, 0.5) is 0 Å². The number of rotatable bonds is 12. The zero-order chi connectivity index (χ0) is 22.6. The lowest BCUT2D eigenvalue weighted by atomic mass is 10.1.